The standard InChI is InChI=1S/C22H32O5S/c1-18(14-16-26-22-9-4-5-15-25-22)7-6-8-20(3)17-27-28(23,24)21-12-10-19(2)11-13-21/h8,10-14,22H,4-7,9,15-17H2,1-3H3/b18-14+,20-8+. The summed E-state index contributed by atoms with van der Waals surface area (Å²) >= 11 is 0. The first-order valence-corrected chi connectivity index (χ1v) is 11.3. The van der Waals surface area contributed by atoms with E-state index < -0.39 is 10.1 Å². The molecule has 1 aliphatic rings. The Balaban J connectivity index is 1.69. The first-order chi connectivity index (χ1) is 13.4. The van der Waals surface area contributed by atoms with E-state index in [0.29, 0.717) is 6.61 Å². The molecule has 0 saturated carbocycles. The van der Waals surface area contributed by atoms with Gasteiger partial charge in [0, 0.05) is 6.61 Å². The van der Waals surface area contributed by atoms with E-state index in [9.17, 15) is 8.42 Å². The summed E-state index contributed by atoms with van der Waals surface area (Å²) in [6.45, 7) is 7.30. The highest BCUT2D eigenvalue weighted by Crippen LogP contribution is 2.16. The summed E-state index contributed by atoms with van der Waals surface area (Å²) in [6.07, 6.45) is 9.04. The average molecular weight is 409 g/mol. The Kier molecular flexibility index (Phi) is 9.38. The Morgan fingerprint density at radius 1 is 1.14 bits per heavy atom. The van der Waals surface area contributed by atoms with Crippen LogP contribution in [-0.4, -0.2) is 34.5 Å². The minimum absolute atomic E-state index is 0.0624. The van der Waals surface area contributed by atoms with Gasteiger partial charge in [0.1, 0.15) is 0 Å². The van der Waals surface area contributed by atoms with Crippen molar-refractivity contribution in [1.82, 2.24) is 0 Å². The molecule has 0 aliphatic carbocycles. The molecular weight excluding hydrogens is 376 g/mol. The molecule has 1 unspecified atom stereocenters. The minimum Gasteiger partial charge on any atom is -0.353 e. The lowest BCUT2D eigenvalue weighted by atomic mass is 10.1. The molecule has 1 aromatic rings. The van der Waals surface area contributed by atoms with Crippen LogP contribution >= 0.6 is 0 Å². The maximum atomic E-state index is 12.2. The van der Waals surface area contributed by atoms with E-state index in [4.69, 9.17) is 13.7 Å². The molecule has 0 aromatic heterocycles. The van der Waals surface area contributed by atoms with Gasteiger partial charge in [-0.25, -0.2) is 0 Å². The fourth-order valence-electron chi connectivity index (χ4n) is 2.79. The molecule has 1 fully saturated rings. The van der Waals surface area contributed by atoms with Gasteiger partial charge in [0.2, 0.25) is 0 Å². The van der Waals surface area contributed by atoms with E-state index in [-0.39, 0.29) is 17.8 Å². The second kappa shape index (κ2) is 11.5. The Bertz CT molecular complexity index is 757. The topological polar surface area (TPSA) is 61.8 Å². The summed E-state index contributed by atoms with van der Waals surface area (Å²) in [6, 6.07) is 6.66. The van der Waals surface area contributed by atoms with Crippen molar-refractivity contribution in [3.8, 4) is 0 Å². The number of benzene rings is 1. The van der Waals surface area contributed by atoms with Crippen LogP contribution in [0.4, 0.5) is 0 Å². The maximum Gasteiger partial charge on any atom is 0.297 e. The van der Waals surface area contributed by atoms with Crippen molar-refractivity contribution < 1.29 is 22.1 Å². The molecule has 0 bridgehead atoms. The minimum atomic E-state index is -3.72. The van der Waals surface area contributed by atoms with Crippen molar-refractivity contribution in [3.05, 3.63) is 53.1 Å². The highest BCUT2D eigenvalue weighted by atomic mass is 32.2. The van der Waals surface area contributed by atoms with Gasteiger partial charge in [-0.1, -0.05) is 41.0 Å². The lowest BCUT2D eigenvalue weighted by Gasteiger charge is -2.22. The Morgan fingerprint density at radius 3 is 2.57 bits per heavy atom. The summed E-state index contributed by atoms with van der Waals surface area (Å²) in [4.78, 5) is 0.187. The molecule has 1 aliphatic heterocycles. The van der Waals surface area contributed by atoms with E-state index in [2.05, 4.69) is 13.0 Å². The SMILES string of the molecule is C/C(=C\COC1CCCCO1)CC/C=C(\C)COS(=O)(=O)c1ccc(C)cc1. The summed E-state index contributed by atoms with van der Waals surface area (Å²) in [5.74, 6) is 0. The number of allylic oxidation sites excluding steroid dienone is 2. The first-order valence-electron chi connectivity index (χ1n) is 9.87. The third-order valence-corrected chi connectivity index (χ3v) is 5.91. The monoisotopic (exact) mass is 408 g/mol. The van der Waals surface area contributed by atoms with Gasteiger partial charge in [-0.05, 0) is 65.0 Å². The van der Waals surface area contributed by atoms with Crippen LogP contribution in [0.3, 0.4) is 0 Å². The third-order valence-electron chi connectivity index (χ3n) is 4.63. The van der Waals surface area contributed by atoms with Gasteiger partial charge in [-0.2, -0.15) is 8.42 Å². The molecule has 1 aromatic carbocycles. The molecule has 0 radical (unpaired) electrons. The Morgan fingerprint density at radius 2 is 1.89 bits per heavy atom. The van der Waals surface area contributed by atoms with Crippen molar-refractivity contribution >= 4 is 10.1 Å². The van der Waals surface area contributed by atoms with Crippen molar-refractivity contribution in [3.63, 3.8) is 0 Å². The van der Waals surface area contributed by atoms with Crippen LogP contribution in [0, 0.1) is 6.92 Å². The van der Waals surface area contributed by atoms with E-state index >= 15 is 0 Å². The average Bonchev–Trinajstić information content (AvgIpc) is 2.68. The second-order valence-corrected chi connectivity index (χ2v) is 8.91. The molecule has 1 saturated heterocycles. The van der Waals surface area contributed by atoms with Crippen LogP contribution in [0.25, 0.3) is 0 Å². The van der Waals surface area contributed by atoms with E-state index in [1.54, 1.807) is 24.3 Å². The van der Waals surface area contributed by atoms with Crippen LogP contribution in [0.15, 0.2) is 52.5 Å². The molecule has 0 amide bonds. The van der Waals surface area contributed by atoms with Crippen LogP contribution in [-0.2, 0) is 23.8 Å². The highest BCUT2D eigenvalue weighted by Gasteiger charge is 2.15. The normalized spacial score (nSPS) is 19.0. The third kappa shape index (κ3) is 8.27. The van der Waals surface area contributed by atoms with Gasteiger partial charge in [0.25, 0.3) is 10.1 Å². The first kappa shape index (κ1) is 22.8. The smallest absolute Gasteiger partial charge is 0.297 e. The lowest BCUT2D eigenvalue weighted by Crippen LogP contribution is -2.22. The summed E-state index contributed by atoms with van der Waals surface area (Å²) in [7, 11) is -3.72. The van der Waals surface area contributed by atoms with Crippen LogP contribution in [0.5, 0.6) is 0 Å². The van der Waals surface area contributed by atoms with Gasteiger partial charge in [0.05, 0.1) is 18.1 Å². The zero-order valence-electron chi connectivity index (χ0n) is 17.1. The van der Waals surface area contributed by atoms with Gasteiger partial charge < -0.3 is 9.47 Å². The molecule has 156 valence electrons. The van der Waals surface area contributed by atoms with Gasteiger partial charge in [0.15, 0.2) is 6.29 Å². The van der Waals surface area contributed by atoms with Crippen molar-refractivity contribution in [2.24, 2.45) is 0 Å². The summed E-state index contributed by atoms with van der Waals surface area (Å²) < 4.78 is 40.8. The van der Waals surface area contributed by atoms with Gasteiger partial charge in [-0.3, -0.25) is 4.18 Å². The van der Waals surface area contributed by atoms with Crippen LogP contribution < -0.4 is 0 Å². The number of hydrogen-bond donors (Lipinski definition) is 0. The highest BCUT2D eigenvalue weighted by molar-refractivity contribution is 7.86. The number of ether oxygens (including phenoxy) is 2. The predicted molar refractivity (Wildman–Crippen MR) is 111 cm³/mol. The Hall–Kier alpha value is -1.47. The quantitative estimate of drug-likeness (QED) is 0.406. The largest absolute Gasteiger partial charge is 0.353 e. The predicted octanol–water partition coefficient (Wildman–Crippen LogP) is 4.92. The molecule has 2 rings (SSSR count). The fraction of sp³-hybridized carbons (Fsp3) is 0.545. The molecule has 5 nitrogen and oxygen atoms in total. The second-order valence-electron chi connectivity index (χ2n) is 7.30. The number of aryl methyl sites for hydroxylation is 1. The fourth-order valence-corrected chi connectivity index (χ4v) is 3.74. The molecule has 1 atom stereocenters. The molecule has 28 heavy (non-hydrogen) atoms. The molecule has 6 heteroatoms. The zero-order valence-corrected chi connectivity index (χ0v) is 18.0. The maximum absolute atomic E-state index is 12.2. The van der Waals surface area contributed by atoms with Crippen molar-refractivity contribution in [2.45, 2.75) is 64.1 Å². The molecule has 0 spiro atoms. The Labute approximate surface area is 169 Å². The summed E-state index contributed by atoms with van der Waals surface area (Å²) in [5, 5.41) is 0. The number of rotatable bonds is 10. The van der Waals surface area contributed by atoms with Gasteiger partial charge >= 0.3 is 0 Å². The van der Waals surface area contributed by atoms with E-state index in [0.717, 1.165) is 43.4 Å². The molecule has 1 heterocycles. The molecular formula is C22H32O5S. The van der Waals surface area contributed by atoms with Crippen molar-refractivity contribution in [1.29, 1.82) is 0 Å². The van der Waals surface area contributed by atoms with Crippen LogP contribution in [0.1, 0.15) is 51.5 Å². The van der Waals surface area contributed by atoms with E-state index in [1.165, 1.54) is 12.0 Å². The number of hydrogen-bond acceptors (Lipinski definition) is 5. The molecule has 0 N–H and O–H groups in total. The van der Waals surface area contributed by atoms with Crippen molar-refractivity contribution in [2.75, 3.05) is 19.8 Å². The van der Waals surface area contributed by atoms with E-state index in [1.807, 2.05) is 19.9 Å². The lowest BCUT2D eigenvalue weighted by molar-refractivity contribution is -0.155. The zero-order chi connectivity index (χ0) is 20.4. The summed E-state index contributed by atoms with van der Waals surface area (Å²) in [5.41, 5.74) is 3.15. The van der Waals surface area contributed by atoms with Gasteiger partial charge in [-0.15, -0.1) is 0 Å². The van der Waals surface area contributed by atoms with Crippen LogP contribution in [0.2, 0.25) is 0 Å².